The first-order valence-corrected chi connectivity index (χ1v) is 4.21. The van der Waals surface area contributed by atoms with Crippen LogP contribution in [0.1, 0.15) is 18.2 Å². The molecule has 1 aromatic rings. The van der Waals surface area contributed by atoms with Crippen molar-refractivity contribution in [2.45, 2.75) is 12.7 Å². The molecule has 0 atom stereocenters. The molecule has 1 aromatic carbocycles. The smallest absolute Gasteiger partial charge is 0.206 e. The zero-order valence-electron chi connectivity index (χ0n) is 12.2. The molecule has 0 bridgehead atoms. The molecule has 0 amide bonds. The highest BCUT2D eigenvalue weighted by molar-refractivity contribution is 5.29. The van der Waals surface area contributed by atoms with Crippen molar-refractivity contribution < 1.29 is 37.3 Å². The fraction of sp³-hybridized carbons (Fsp3) is 0.400. The molecule has 0 aliphatic rings. The summed E-state index contributed by atoms with van der Waals surface area (Å²) >= 11 is 0. The van der Waals surface area contributed by atoms with Crippen LogP contribution in [0, 0.1) is 29.1 Å². The largest absolute Gasteiger partial charge is 0.487 e. The van der Waals surface area contributed by atoms with Gasteiger partial charge >= 0.3 is 0 Å². The minimum atomic E-state index is -2.94. The Morgan fingerprint density at radius 1 is 0.882 bits per heavy atom. The summed E-state index contributed by atoms with van der Waals surface area (Å²) in [6, 6.07) is 0. The van der Waals surface area contributed by atoms with E-state index < -0.39 is 60.8 Å². The van der Waals surface area contributed by atoms with E-state index in [9.17, 15) is 22.0 Å². The van der Waals surface area contributed by atoms with Crippen LogP contribution in [0.25, 0.3) is 0 Å². The van der Waals surface area contributed by atoms with E-state index in [2.05, 4.69) is 4.74 Å². The molecule has 0 heterocycles. The van der Waals surface area contributed by atoms with E-state index in [1.165, 1.54) is 0 Å². The fourth-order valence-corrected chi connectivity index (χ4v) is 0.927. The number of benzene rings is 1. The van der Waals surface area contributed by atoms with E-state index in [1.807, 2.05) is 0 Å². The lowest BCUT2D eigenvalue weighted by Crippen LogP contribution is -2.08. The molecule has 0 aromatic heterocycles. The van der Waals surface area contributed by atoms with Gasteiger partial charge in [0.05, 0.1) is 6.61 Å². The quantitative estimate of drug-likeness (QED) is 0.501. The van der Waals surface area contributed by atoms with E-state index in [1.54, 1.807) is 0 Å². The van der Waals surface area contributed by atoms with Gasteiger partial charge in [0.1, 0.15) is 0 Å². The third-order valence-corrected chi connectivity index (χ3v) is 1.66. The van der Waals surface area contributed by atoms with Gasteiger partial charge in [0.15, 0.2) is 5.75 Å². The highest BCUT2D eigenvalue weighted by Gasteiger charge is 2.26. The SMILES string of the molecule is [2H]C([2H])(CO)C([2H])([2H])COc1c(F)c(F)c(F)c(F)c1F. The number of aliphatic hydroxyl groups excluding tert-OH is 1. The van der Waals surface area contributed by atoms with Crippen molar-refractivity contribution in [3.8, 4) is 5.75 Å². The summed E-state index contributed by atoms with van der Waals surface area (Å²) in [7, 11) is 0. The van der Waals surface area contributed by atoms with Crippen LogP contribution in [0.4, 0.5) is 22.0 Å². The maximum atomic E-state index is 13.2. The van der Waals surface area contributed by atoms with Crippen molar-refractivity contribution in [2.24, 2.45) is 0 Å². The lowest BCUT2D eigenvalue weighted by Gasteiger charge is -2.09. The van der Waals surface area contributed by atoms with Crippen LogP contribution in [-0.4, -0.2) is 18.3 Å². The van der Waals surface area contributed by atoms with Crippen LogP contribution >= 0.6 is 0 Å². The Labute approximate surface area is 99.2 Å². The van der Waals surface area contributed by atoms with Crippen LogP contribution in [0.2, 0.25) is 0 Å². The molecular formula is C10H9F5O2. The van der Waals surface area contributed by atoms with E-state index in [-0.39, 0.29) is 0 Å². The molecule has 0 spiro atoms. The van der Waals surface area contributed by atoms with Gasteiger partial charge in [0.2, 0.25) is 29.1 Å². The molecule has 0 saturated heterocycles. The molecule has 96 valence electrons. The normalized spacial score (nSPS) is 15.9. The van der Waals surface area contributed by atoms with Crippen LogP contribution in [0.15, 0.2) is 0 Å². The standard InChI is InChI=1S/C10H9F5O2/c11-5-6(12)8(14)10(9(15)7(5)13)17-4-2-1-3-16/h16H,1-4H2/i1D2,2D2. The van der Waals surface area contributed by atoms with Gasteiger partial charge in [-0.2, -0.15) is 8.78 Å². The Hall–Kier alpha value is -1.37. The Bertz CT molecular complexity index is 524. The van der Waals surface area contributed by atoms with E-state index in [0.717, 1.165) is 0 Å². The number of ether oxygens (including phenoxy) is 1. The lowest BCUT2D eigenvalue weighted by molar-refractivity contribution is 0.233. The molecule has 0 fully saturated rings. The molecule has 0 radical (unpaired) electrons. The Morgan fingerprint density at radius 2 is 1.35 bits per heavy atom. The van der Waals surface area contributed by atoms with Gasteiger partial charge in [-0.05, 0) is 12.7 Å². The van der Waals surface area contributed by atoms with Crippen molar-refractivity contribution in [1.29, 1.82) is 0 Å². The lowest BCUT2D eigenvalue weighted by atomic mass is 10.2. The van der Waals surface area contributed by atoms with Gasteiger partial charge in [-0.1, -0.05) is 0 Å². The molecule has 2 nitrogen and oxygen atoms in total. The van der Waals surface area contributed by atoms with Crippen molar-refractivity contribution in [2.75, 3.05) is 13.2 Å². The van der Waals surface area contributed by atoms with E-state index >= 15 is 0 Å². The molecular weight excluding hydrogens is 247 g/mol. The molecule has 0 saturated carbocycles. The second-order valence-corrected chi connectivity index (χ2v) is 2.70. The molecule has 0 unspecified atom stereocenters. The number of hydrogen-bond acceptors (Lipinski definition) is 2. The summed E-state index contributed by atoms with van der Waals surface area (Å²) in [6.45, 7) is -2.65. The molecule has 17 heavy (non-hydrogen) atoms. The number of rotatable bonds is 5. The number of hydrogen-bond donors (Lipinski definition) is 1. The Balaban J connectivity index is 3.11. The predicted octanol–water partition coefficient (Wildman–Crippen LogP) is 2.53. The van der Waals surface area contributed by atoms with Gasteiger partial charge in [-0.25, -0.2) is 13.2 Å². The summed E-state index contributed by atoms with van der Waals surface area (Å²) in [5.41, 5.74) is 0. The molecule has 1 N–H and O–H groups in total. The summed E-state index contributed by atoms with van der Waals surface area (Å²) in [6.07, 6.45) is -5.79. The molecule has 0 aliphatic carbocycles. The van der Waals surface area contributed by atoms with Gasteiger partial charge in [0, 0.05) is 12.1 Å². The highest BCUT2D eigenvalue weighted by atomic mass is 19.2. The third kappa shape index (κ3) is 2.85. The van der Waals surface area contributed by atoms with Crippen molar-refractivity contribution in [3.63, 3.8) is 0 Å². The van der Waals surface area contributed by atoms with Crippen LogP contribution < -0.4 is 4.74 Å². The second kappa shape index (κ2) is 5.81. The first-order chi connectivity index (χ1) is 9.46. The van der Waals surface area contributed by atoms with Crippen LogP contribution in [0.3, 0.4) is 0 Å². The van der Waals surface area contributed by atoms with Crippen LogP contribution in [0.5, 0.6) is 5.75 Å². The topological polar surface area (TPSA) is 29.5 Å². The van der Waals surface area contributed by atoms with Gasteiger partial charge in [-0.3, -0.25) is 0 Å². The second-order valence-electron chi connectivity index (χ2n) is 2.70. The Morgan fingerprint density at radius 3 is 1.82 bits per heavy atom. The monoisotopic (exact) mass is 260 g/mol. The zero-order valence-corrected chi connectivity index (χ0v) is 8.16. The fourth-order valence-electron chi connectivity index (χ4n) is 0.927. The molecule has 1 rings (SSSR count). The van der Waals surface area contributed by atoms with Gasteiger partial charge in [0.25, 0.3) is 0 Å². The van der Waals surface area contributed by atoms with Crippen molar-refractivity contribution in [1.82, 2.24) is 0 Å². The zero-order chi connectivity index (χ0) is 16.6. The summed E-state index contributed by atoms with van der Waals surface area (Å²) in [4.78, 5) is 0. The summed E-state index contributed by atoms with van der Waals surface area (Å²) < 4.78 is 98.0. The third-order valence-electron chi connectivity index (χ3n) is 1.66. The maximum absolute atomic E-state index is 13.2. The van der Waals surface area contributed by atoms with E-state index in [0.29, 0.717) is 0 Å². The Kier molecular flexibility index (Phi) is 2.97. The molecule has 0 aliphatic heterocycles. The number of aliphatic hydroxyl groups is 1. The summed E-state index contributed by atoms with van der Waals surface area (Å²) in [5.74, 6) is -13.3. The number of halogens is 5. The average Bonchev–Trinajstić information content (AvgIpc) is 2.42. The van der Waals surface area contributed by atoms with Gasteiger partial charge in [-0.15, -0.1) is 0 Å². The maximum Gasteiger partial charge on any atom is 0.206 e. The molecule has 7 heteroatoms. The van der Waals surface area contributed by atoms with Crippen molar-refractivity contribution >= 4 is 0 Å². The first kappa shape index (κ1) is 8.68. The van der Waals surface area contributed by atoms with Gasteiger partial charge < -0.3 is 9.84 Å². The minimum Gasteiger partial charge on any atom is -0.487 e. The van der Waals surface area contributed by atoms with E-state index in [4.69, 9.17) is 10.6 Å². The summed E-state index contributed by atoms with van der Waals surface area (Å²) in [5, 5.41) is 8.67. The van der Waals surface area contributed by atoms with Crippen LogP contribution in [-0.2, 0) is 0 Å². The minimum absolute atomic E-state index is 1.28. The predicted molar refractivity (Wildman–Crippen MR) is 48.0 cm³/mol. The van der Waals surface area contributed by atoms with Crippen molar-refractivity contribution in [3.05, 3.63) is 29.1 Å². The average molecular weight is 260 g/mol. The highest BCUT2D eigenvalue weighted by Crippen LogP contribution is 2.29. The first-order valence-electron chi connectivity index (χ1n) is 6.21.